The Bertz CT molecular complexity index is 508. The van der Waals surface area contributed by atoms with Gasteiger partial charge in [-0.3, -0.25) is 0 Å². The van der Waals surface area contributed by atoms with Crippen molar-refractivity contribution >= 4 is 26.5 Å². The maximum Gasteiger partial charge on any atom is 0.330 e. The van der Waals surface area contributed by atoms with Crippen LogP contribution in [0.2, 0.25) is 0 Å². The van der Waals surface area contributed by atoms with E-state index in [0.717, 1.165) is 0 Å². The Kier molecular flexibility index (Phi) is 3.83. The first-order chi connectivity index (χ1) is 8.85. The molecule has 0 aromatic carbocycles. The van der Waals surface area contributed by atoms with Crippen LogP contribution in [0.25, 0.3) is 0 Å². The molecule has 0 saturated carbocycles. The monoisotopic (exact) mass is 331 g/mol. The Morgan fingerprint density at radius 2 is 2.32 bits per heavy atom. The van der Waals surface area contributed by atoms with Gasteiger partial charge in [0, 0.05) is 0 Å². The normalized spacial score (nSPS) is 18.9. The molecule has 1 unspecified atom stereocenters. The molecule has 0 radical (unpaired) electrons. The van der Waals surface area contributed by atoms with Crippen molar-refractivity contribution in [3.8, 4) is 0 Å². The molecule has 19 heavy (non-hydrogen) atoms. The van der Waals surface area contributed by atoms with Crippen LogP contribution in [-0.2, 0) is 20.9 Å². The standard InChI is InChI=1S/C10H14BrN5O3/c1-10(2,3)19-7(17)4-16-13-9(12-15-16)6-5-18-14-8(6)11/h6H,4-5H2,1-3H3. The fraction of sp³-hybridized carbons (Fsp3) is 0.700. The number of hydrogen-bond acceptors (Lipinski definition) is 7. The van der Waals surface area contributed by atoms with Gasteiger partial charge in [-0.25, -0.2) is 4.79 Å². The number of ether oxygens (including phenoxy) is 1. The first-order valence-electron chi connectivity index (χ1n) is 5.70. The number of rotatable bonds is 3. The fourth-order valence-corrected chi connectivity index (χ4v) is 1.88. The van der Waals surface area contributed by atoms with Crippen LogP contribution >= 0.6 is 15.9 Å². The molecule has 0 bridgehead atoms. The number of halogens is 1. The molecule has 2 heterocycles. The van der Waals surface area contributed by atoms with E-state index >= 15 is 0 Å². The molecule has 0 aliphatic carbocycles. The van der Waals surface area contributed by atoms with Gasteiger partial charge in [-0.2, -0.15) is 4.80 Å². The topological polar surface area (TPSA) is 91.5 Å². The molecule has 0 N–H and O–H groups in total. The van der Waals surface area contributed by atoms with E-state index in [1.807, 2.05) is 0 Å². The van der Waals surface area contributed by atoms with Crippen molar-refractivity contribution in [3.63, 3.8) is 0 Å². The molecule has 104 valence electrons. The highest BCUT2D eigenvalue weighted by atomic mass is 79.9. The summed E-state index contributed by atoms with van der Waals surface area (Å²) in [7, 11) is 0. The van der Waals surface area contributed by atoms with Crippen molar-refractivity contribution in [1.82, 2.24) is 20.2 Å². The summed E-state index contributed by atoms with van der Waals surface area (Å²) in [6, 6.07) is 0. The lowest BCUT2D eigenvalue weighted by Crippen LogP contribution is -2.27. The van der Waals surface area contributed by atoms with E-state index in [2.05, 4.69) is 36.5 Å². The number of oxime groups is 1. The van der Waals surface area contributed by atoms with Crippen LogP contribution < -0.4 is 0 Å². The van der Waals surface area contributed by atoms with Gasteiger partial charge in [0.05, 0.1) is 0 Å². The van der Waals surface area contributed by atoms with Crippen molar-refractivity contribution in [3.05, 3.63) is 5.82 Å². The lowest BCUT2D eigenvalue weighted by Gasteiger charge is -2.18. The van der Waals surface area contributed by atoms with Gasteiger partial charge in [0.15, 0.2) is 12.4 Å². The zero-order chi connectivity index (χ0) is 14.0. The number of carbonyl (C=O) groups is 1. The average molecular weight is 332 g/mol. The van der Waals surface area contributed by atoms with E-state index in [4.69, 9.17) is 9.57 Å². The van der Waals surface area contributed by atoms with E-state index in [1.165, 1.54) is 4.80 Å². The number of nitrogens with zero attached hydrogens (tertiary/aromatic N) is 5. The summed E-state index contributed by atoms with van der Waals surface area (Å²) in [5.41, 5.74) is -0.532. The van der Waals surface area contributed by atoms with Crippen LogP contribution in [0, 0.1) is 0 Å². The van der Waals surface area contributed by atoms with Crippen molar-refractivity contribution in [2.75, 3.05) is 6.61 Å². The van der Waals surface area contributed by atoms with Crippen molar-refractivity contribution in [1.29, 1.82) is 0 Å². The van der Waals surface area contributed by atoms with Crippen LogP contribution in [0.4, 0.5) is 0 Å². The summed E-state index contributed by atoms with van der Waals surface area (Å²) in [5, 5.41) is 15.5. The SMILES string of the molecule is CC(C)(C)OC(=O)Cn1nnc(C2CON=C2Br)n1. The summed E-state index contributed by atoms with van der Waals surface area (Å²) in [6.45, 7) is 5.68. The van der Waals surface area contributed by atoms with Crippen LogP contribution in [0.1, 0.15) is 32.5 Å². The molecule has 0 fully saturated rings. The van der Waals surface area contributed by atoms with Gasteiger partial charge in [0.25, 0.3) is 0 Å². The lowest BCUT2D eigenvalue weighted by molar-refractivity contribution is -0.156. The maximum absolute atomic E-state index is 11.6. The molecular weight excluding hydrogens is 318 g/mol. The molecule has 0 amide bonds. The third-order valence-electron chi connectivity index (χ3n) is 2.15. The Morgan fingerprint density at radius 3 is 2.89 bits per heavy atom. The highest BCUT2D eigenvalue weighted by Gasteiger charge is 2.28. The summed E-state index contributed by atoms with van der Waals surface area (Å²) in [5.74, 6) is -0.129. The third kappa shape index (κ3) is 3.72. The molecule has 1 aromatic rings. The van der Waals surface area contributed by atoms with Gasteiger partial charge in [-0.1, -0.05) is 5.16 Å². The smallest absolute Gasteiger partial charge is 0.330 e. The van der Waals surface area contributed by atoms with Crippen LogP contribution in [0.5, 0.6) is 0 Å². The molecule has 0 saturated heterocycles. The Labute approximate surface area is 118 Å². The minimum Gasteiger partial charge on any atom is -0.459 e. The van der Waals surface area contributed by atoms with Crippen LogP contribution in [-0.4, -0.2) is 43.0 Å². The zero-order valence-electron chi connectivity index (χ0n) is 10.8. The molecule has 9 heteroatoms. The van der Waals surface area contributed by atoms with Gasteiger partial charge in [-0.15, -0.1) is 10.2 Å². The summed E-state index contributed by atoms with van der Waals surface area (Å²) < 4.78 is 5.79. The van der Waals surface area contributed by atoms with E-state index in [9.17, 15) is 4.79 Å². The first kappa shape index (κ1) is 13.9. The predicted octanol–water partition coefficient (Wildman–Crippen LogP) is 0.837. The van der Waals surface area contributed by atoms with E-state index in [1.54, 1.807) is 20.8 Å². The number of aromatic nitrogens is 4. The fourth-order valence-electron chi connectivity index (χ4n) is 1.44. The van der Waals surface area contributed by atoms with Crippen LogP contribution in [0.15, 0.2) is 5.16 Å². The van der Waals surface area contributed by atoms with Gasteiger partial charge < -0.3 is 9.57 Å². The second-order valence-electron chi connectivity index (χ2n) is 5.03. The molecule has 1 atom stereocenters. The molecule has 1 aromatic heterocycles. The Hall–Kier alpha value is -1.51. The van der Waals surface area contributed by atoms with Gasteiger partial charge >= 0.3 is 5.97 Å². The molecule has 1 aliphatic rings. The Balaban J connectivity index is 1.98. The second kappa shape index (κ2) is 5.24. The number of hydrogen-bond donors (Lipinski definition) is 0. The molecule has 1 aliphatic heterocycles. The van der Waals surface area contributed by atoms with E-state index in [0.29, 0.717) is 17.1 Å². The summed E-state index contributed by atoms with van der Waals surface area (Å²) in [6.07, 6.45) is 0. The number of esters is 1. The highest BCUT2D eigenvalue weighted by Crippen LogP contribution is 2.22. The first-order valence-corrected chi connectivity index (χ1v) is 6.49. The van der Waals surface area contributed by atoms with Gasteiger partial charge in [-0.05, 0) is 41.9 Å². The van der Waals surface area contributed by atoms with Crippen molar-refractivity contribution in [2.24, 2.45) is 5.16 Å². The van der Waals surface area contributed by atoms with Crippen LogP contribution in [0.3, 0.4) is 0 Å². The minimum absolute atomic E-state index is 0.0768. The Morgan fingerprint density at radius 1 is 1.58 bits per heavy atom. The highest BCUT2D eigenvalue weighted by molar-refractivity contribution is 9.18. The van der Waals surface area contributed by atoms with E-state index in [-0.39, 0.29) is 12.5 Å². The summed E-state index contributed by atoms with van der Waals surface area (Å²) >= 11 is 3.26. The van der Waals surface area contributed by atoms with Crippen molar-refractivity contribution < 1.29 is 14.4 Å². The molecule has 0 spiro atoms. The third-order valence-corrected chi connectivity index (χ3v) is 2.85. The van der Waals surface area contributed by atoms with E-state index < -0.39 is 11.6 Å². The number of tetrazole rings is 1. The van der Waals surface area contributed by atoms with Gasteiger partial charge in [0.2, 0.25) is 0 Å². The average Bonchev–Trinajstić information content (AvgIpc) is 2.83. The second-order valence-corrected chi connectivity index (χ2v) is 5.84. The van der Waals surface area contributed by atoms with Gasteiger partial charge in [0.1, 0.15) is 22.7 Å². The molecular formula is C10H14BrN5O3. The quantitative estimate of drug-likeness (QED) is 0.762. The maximum atomic E-state index is 11.6. The molecule has 8 nitrogen and oxygen atoms in total. The number of carbonyl (C=O) groups excluding carboxylic acids is 1. The molecule has 2 rings (SSSR count). The largest absolute Gasteiger partial charge is 0.459 e. The lowest BCUT2D eigenvalue weighted by atomic mass is 10.2. The minimum atomic E-state index is -0.532. The zero-order valence-corrected chi connectivity index (χ0v) is 12.4. The summed E-state index contributed by atoms with van der Waals surface area (Å²) in [4.78, 5) is 17.7. The van der Waals surface area contributed by atoms with Crippen molar-refractivity contribution in [2.45, 2.75) is 38.8 Å². The predicted molar refractivity (Wildman–Crippen MR) is 68.7 cm³/mol.